The van der Waals surface area contributed by atoms with Crippen molar-refractivity contribution in [2.75, 3.05) is 6.61 Å². The van der Waals surface area contributed by atoms with E-state index in [1.165, 1.54) is 49.6 Å². The van der Waals surface area contributed by atoms with Crippen molar-refractivity contribution in [2.24, 2.45) is 5.92 Å². The molecule has 3 rings (SSSR count). The van der Waals surface area contributed by atoms with Crippen LogP contribution in [0.4, 0.5) is 0 Å². The number of nitrogens with zero attached hydrogens (tertiary/aromatic N) is 1. The Morgan fingerprint density at radius 1 is 1.16 bits per heavy atom. The van der Waals surface area contributed by atoms with Gasteiger partial charge in [0.2, 0.25) is 0 Å². The van der Waals surface area contributed by atoms with Gasteiger partial charge in [0, 0.05) is 18.1 Å². The summed E-state index contributed by atoms with van der Waals surface area (Å²) in [6, 6.07) is 8.57. The molecule has 0 bridgehead atoms. The lowest BCUT2D eigenvalue weighted by Gasteiger charge is -2.22. The van der Waals surface area contributed by atoms with Crippen LogP contribution in [0.1, 0.15) is 39.0 Å². The third-order valence-electron chi connectivity index (χ3n) is 4.25. The molecule has 1 aliphatic rings. The van der Waals surface area contributed by atoms with Crippen molar-refractivity contribution in [1.29, 1.82) is 0 Å². The molecule has 0 radical (unpaired) electrons. The minimum Gasteiger partial charge on any atom is -0.493 e. The molecular formula is C17H23NO. The summed E-state index contributed by atoms with van der Waals surface area (Å²) in [4.78, 5) is 0. The lowest BCUT2D eigenvalue weighted by atomic mass is 9.89. The maximum absolute atomic E-state index is 5.71. The Morgan fingerprint density at radius 2 is 2.00 bits per heavy atom. The second-order valence-corrected chi connectivity index (χ2v) is 5.59. The minimum atomic E-state index is 0.729. The average molecular weight is 257 g/mol. The van der Waals surface area contributed by atoms with E-state index >= 15 is 0 Å². The molecule has 1 fully saturated rings. The Labute approximate surface area is 115 Å². The summed E-state index contributed by atoms with van der Waals surface area (Å²) in [7, 11) is 0. The van der Waals surface area contributed by atoms with Gasteiger partial charge in [-0.1, -0.05) is 25.3 Å². The second kappa shape index (κ2) is 5.68. The number of benzene rings is 1. The van der Waals surface area contributed by atoms with Gasteiger partial charge in [-0.3, -0.25) is 0 Å². The Hall–Kier alpha value is -1.44. The van der Waals surface area contributed by atoms with Crippen LogP contribution in [-0.4, -0.2) is 11.2 Å². The van der Waals surface area contributed by atoms with E-state index in [9.17, 15) is 0 Å². The Morgan fingerprint density at radius 3 is 2.79 bits per heavy atom. The van der Waals surface area contributed by atoms with E-state index in [2.05, 4.69) is 35.0 Å². The summed E-state index contributed by atoms with van der Waals surface area (Å²) < 4.78 is 8.12. The monoisotopic (exact) mass is 257 g/mol. The van der Waals surface area contributed by atoms with E-state index in [1.807, 2.05) is 6.92 Å². The fourth-order valence-corrected chi connectivity index (χ4v) is 3.28. The topological polar surface area (TPSA) is 14.2 Å². The van der Waals surface area contributed by atoms with Gasteiger partial charge in [-0.25, -0.2) is 0 Å². The number of hydrogen-bond donors (Lipinski definition) is 0. The Bertz CT molecular complexity index is 537. The minimum absolute atomic E-state index is 0.729. The third-order valence-corrected chi connectivity index (χ3v) is 4.25. The van der Waals surface area contributed by atoms with Crippen LogP contribution in [0.25, 0.3) is 10.9 Å². The van der Waals surface area contributed by atoms with Crippen molar-refractivity contribution in [3.63, 3.8) is 0 Å². The van der Waals surface area contributed by atoms with Crippen molar-refractivity contribution in [3.05, 3.63) is 30.5 Å². The van der Waals surface area contributed by atoms with Crippen LogP contribution < -0.4 is 4.74 Å². The zero-order valence-corrected chi connectivity index (χ0v) is 11.8. The smallest absolute Gasteiger partial charge is 0.128 e. The van der Waals surface area contributed by atoms with E-state index in [-0.39, 0.29) is 0 Å². The first-order chi connectivity index (χ1) is 9.38. The van der Waals surface area contributed by atoms with Crippen LogP contribution in [0.3, 0.4) is 0 Å². The van der Waals surface area contributed by atoms with Gasteiger partial charge in [0.25, 0.3) is 0 Å². The number of aromatic nitrogens is 1. The molecule has 2 heteroatoms. The fraction of sp³-hybridized carbons (Fsp3) is 0.529. The predicted octanol–water partition coefficient (Wildman–Crippen LogP) is 4.62. The van der Waals surface area contributed by atoms with Crippen LogP contribution >= 0.6 is 0 Å². The maximum Gasteiger partial charge on any atom is 0.128 e. The second-order valence-electron chi connectivity index (χ2n) is 5.59. The summed E-state index contributed by atoms with van der Waals surface area (Å²) in [5, 5.41) is 1.25. The van der Waals surface area contributed by atoms with E-state index < -0.39 is 0 Å². The highest BCUT2D eigenvalue weighted by Gasteiger charge is 2.15. The van der Waals surface area contributed by atoms with Gasteiger partial charge in [0.1, 0.15) is 5.75 Å². The molecule has 1 aliphatic carbocycles. The fourth-order valence-electron chi connectivity index (χ4n) is 3.28. The van der Waals surface area contributed by atoms with Gasteiger partial charge in [-0.15, -0.1) is 0 Å². The number of rotatable bonds is 4. The van der Waals surface area contributed by atoms with Crippen LogP contribution in [0, 0.1) is 5.92 Å². The SMILES string of the molecule is CCOc1cccc2c1ccn2CC1CCCCC1. The first-order valence-electron chi connectivity index (χ1n) is 7.59. The molecule has 102 valence electrons. The van der Waals surface area contributed by atoms with E-state index in [1.54, 1.807) is 0 Å². The van der Waals surface area contributed by atoms with Crippen LogP contribution in [0.2, 0.25) is 0 Å². The maximum atomic E-state index is 5.71. The summed E-state index contributed by atoms with van der Waals surface area (Å²) in [6.45, 7) is 3.93. The number of fused-ring (bicyclic) bond motifs is 1. The Kier molecular flexibility index (Phi) is 3.77. The van der Waals surface area contributed by atoms with Gasteiger partial charge in [0.15, 0.2) is 0 Å². The van der Waals surface area contributed by atoms with E-state index in [4.69, 9.17) is 4.74 Å². The molecule has 0 unspecified atom stereocenters. The van der Waals surface area contributed by atoms with Gasteiger partial charge >= 0.3 is 0 Å². The summed E-state index contributed by atoms with van der Waals surface area (Å²) in [6.07, 6.45) is 9.26. The van der Waals surface area contributed by atoms with Gasteiger partial charge in [-0.05, 0) is 43.9 Å². The molecule has 1 heterocycles. The molecule has 19 heavy (non-hydrogen) atoms. The highest BCUT2D eigenvalue weighted by molar-refractivity contribution is 5.86. The summed E-state index contributed by atoms with van der Waals surface area (Å²) in [5.74, 6) is 1.88. The van der Waals surface area contributed by atoms with E-state index in [0.717, 1.165) is 18.3 Å². The molecule has 1 aromatic carbocycles. The van der Waals surface area contributed by atoms with Crippen molar-refractivity contribution >= 4 is 10.9 Å². The normalized spacial score (nSPS) is 16.9. The number of hydrogen-bond acceptors (Lipinski definition) is 1. The van der Waals surface area contributed by atoms with Crippen molar-refractivity contribution in [1.82, 2.24) is 4.57 Å². The lowest BCUT2D eigenvalue weighted by molar-refractivity contribution is 0.322. The van der Waals surface area contributed by atoms with Gasteiger partial charge < -0.3 is 9.30 Å². The van der Waals surface area contributed by atoms with Crippen molar-refractivity contribution in [2.45, 2.75) is 45.6 Å². The molecule has 2 aromatic rings. The zero-order valence-electron chi connectivity index (χ0n) is 11.8. The molecular weight excluding hydrogens is 234 g/mol. The first kappa shape index (κ1) is 12.6. The highest BCUT2D eigenvalue weighted by Crippen LogP contribution is 2.30. The van der Waals surface area contributed by atoms with Crippen molar-refractivity contribution in [3.8, 4) is 5.75 Å². The predicted molar refractivity (Wildman–Crippen MR) is 79.7 cm³/mol. The molecule has 2 nitrogen and oxygen atoms in total. The molecule has 1 aromatic heterocycles. The molecule has 0 aliphatic heterocycles. The van der Waals surface area contributed by atoms with Crippen LogP contribution in [0.15, 0.2) is 30.5 Å². The quantitative estimate of drug-likeness (QED) is 0.779. The average Bonchev–Trinajstić information content (AvgIpc) is 2.85. The van der Waals surface area contributed by atoms with Crippen LogP contribution in [-0.2, 0) is 6.54 Å². The lowest BCUT2D eigenvalue weighted by Crippen LogP contribution is -2.13. The summed E-state index contributed by atoms with van der Waals surface area (Å²) in [5.41, 5.74) is 1.32. The standard InChI is InChI=1S/C17H23NO/c1-2-19-17-10-6-9-16-15(17)11-12-18(16)13-14-7-4-3-5-8-14/h6,9-12,14H,2-5,7-8,13H2,1H3. The van der Waals surface area contributed by atoms with Gasteiger partial charge in [0.05, 0.1) is 12.1 Å². The largest absolute Gasteiger partial charge is 0.493 e. The molecule has 0 saturated heterocycles. The molecule has 0 amide bonds. The van der Waals surface area contributed by atoms with E-state index in [0.29, 0.717) is 0 Å². The van der Waals surface area contributed by atoms with Gasteiger partial charge in [-0.2, -0.15) is 0 Å². The first-order valence-corrected chi connectivity index (χ1v) is 7.59. The van der Waals surface area contributed by atoms with Crippen molar-refractivity contribution < 1.29 is 4.74 Å². The molecule has 1 saturated carbocycles. The highest BCUT2D eigenvalue weighted by atomic mass is 16.5. The third kappa shape index (κ3) is 2.63. The zero-order chi connectivity index (χ0) is 13.1. The number of ether oxygens (including phenoxy) is 1. The molecule has 0 N–H and O–H groups in total. The Balaban J connectivity index is 1.85. The summed E-state index contributed by atoms with van der Waals surface area (Å²) >= 11 is 0. The molecule has 0 atom stereocenters. The van der Waals surface area contributed by atoms with Crippen LogP contribution in [0.5, 0.6) is 5.75 Å². The molecule has 0 spiro atoms.